The lowest BCUT2D eigenvalue weighted by Gasteiger charge is -2.11. The molecule has 1 atom stereocenters. The number of aliphatic hydroxyl groups is 1. The number of hydrogen-bond acceptors (Lipinski definition) is 2. The molecular formula is C10H18O3. The Labute approximate surface area is 78.8 Å². The smallest absolute Gasteiger partial charge is 0.305 e. The Morgan fingerprint density at radius 3 is 2.54 bits per heavy atom. The second-order valence-corrected chi connectivity index (χ2v) is 3.98. The summed E-state index contributed by atoms with van der Waals surface area (Å²) in [7, 11) is 0. The minimum Gasteiger partial charge on any atom is -0.481 e. The van der Waals surface area contributed by atoms with E-state index in [1.54, 1.807) is 0 Å². The van der Waals surface area contributed by atoms with Crippen molar-refractivity contribution in [3.05, 3.63) is 0 Å². The van der Waals surface area contributed by atoms with Crippen LogP contribution in [-0.4, -0.2) is 22.3 Å². The third-order valence-corrected chi connectivity index (χ3v) is 2.79. The Bertz CT molecular complexity index is 162. The number of carbonyl (C=O) groups is 1. The number of aliphatic hydroxyl groups excluding tert-OH is 1. The molecule has 0 bridgehead atoms. The van der Waals surface area contributed by atoms with Crippen LogP contribution >= 0.6 is 0 Å². The van der Waals surface area contributed by atoms with Crippen LogP contribution in [0, 0.1) is 5.92 Å². The van der Waals surface area contributed by atoms with Crippen LogP contribution in [0.2, 0.25) is 0 Å². The minimum atomic E-state index is -0.904. The maximum absolute atomic E-state index is 10.2. The van der Waals surface area contributed by atoms with Crippen LogP contribution in [0.3, 0.4) is 0 Å². The van der Waals surface area contributed by atoms with Crippen LogP contribution in [-0.2, 0) is 4.79 Å². The average molecular weight is 186 g/mol. The van der Waals surface area contributed by atoms with Crippen LogP contribution in [0.25, 0.3) is 0 Å². The van der Waals surface area contributed by atoms with E-state index in [-0.39, 0.29) is 6.42 Å². The normalized spacial score (nSPS) is 20.4. The second kappa shape index (κ2) is 5.22. The molecular weight excluding hydrogens is 168 g/mol. The highest BCUT2D eigenvalue weighted by Crippen LogP contribution is 2.29. The molecule has 76 valence electrons. The summed E-state index contributed by atoms with van der Waals surface area (Å²) in [6.45, 7) is 0. The first-order valence-corrected chi connectivity index (χ1v) is 5.08. The van der Waals surface area contributed by atoms with Crippen molar-refractivity contribution in [2.24, 2.45) is 5.92 Å². The van der Waals surface area contributed by atoms with Gasteiger partial charge in [-0.2, -0.15) is 0 Å². The first-order valence-electron chi connectivity index (χ1n) is 5.08. The fourth-order valence-corrected chi connectivity index (χ4v) is 2.03. The molecule has 0 radical (unpaired) electrons. The van der Waals surface area contributed by atoms with Gasteiger partial charge in [0.05, 0.1) is 12.5 Å². The van der Waals surface area contributed by atoms with Gasteiger partial charge in [-0.05, 0) is 18.8 Å². The Hall–Kier alpha value is -0.570. The standard InChI is InChI=1S/C10H18O3/c11-9(7-10(12)13)6-5-8-3-1-2-4-8/h8-9,11H,1-7H2,(H,12,13)/t9-/m0/s1. The van der Waals surface area contributed by atoms with Gasteiger partial charge in [-0.1, -0.05) is 25.7 Å². The first-order chi connectivity index (χ1) is 6.18. The lowest BCUT2D eigenvalue weighted by molar-refractivity contribution is -0.139. The lowest BCUT2D eigenvalue weighted by atomic mass is 9.98. The molecule has 1 aliphatic carbocycles. The molecule has 3 heteroatoms. The highest BCUT2D eigenvalue weighted by Gasteiger charge is 2.17. The van der Waals surface area contributed by atoms with Crippen LogP contribution < -0.4 is 0 Å². The van der Waals surface area contributed by atoms with Gasteiger partial charge in [0, 0.05) is 0 Å². The summed E-state index contributed by atoms with van der Waals surface area (Å²) in [5, 5.41) is 17.7. The maximum Gasteiger partial charge on any atom is 0.305 e. The molecule has 0 unspecified atom stereocenters. The largest absolute Gasteiger partial charge is 0.481 e. The molecule has 0 saturated heterocycles. The van der Waals surface area contributed by atoms with Gasteiger partial charge in [0.1, 0.15) is 0 Å². The molecule has 1 rings (SSSR count). The number of carboxylic acids is 1. The van der Waals surface area contributed by atoms with Crippen LogP contribution in [0.4, 0.5) is 0 Å². The molecule has 0 spiro atoms. The zero-order valence-electron chi connectivity index (χ0n) is 7.91. The predicted molar refractivity (Wildman–Crippen MR) is 49.5 cm³/mol. The molecule has 0 aromatic rings. The highest BCUT2D eigenvalue weighted by atomic mass is 16.4. The van der Waals surface area contributed by atoms with Crippen molar-refractivity contribution in [2.75, 3.05) is 0 Å². The number of rotatable bonds is 5. The second-order valence-electron chi connectivity index (χ2n) is 3.98. The van der Waals surface area contributed by atoms with Crippen LogP contribution in [0.15, 0.2) is 0 Å². The Kier molecular flexibility index (Phi) is 4.22. The number of hydrogen-bond donors (Lipinski definition) is 2. The van der Waals surface area contributed by atoms with Crippen molar-refractivity contribution in [1.29, 1.82) is 0 Å². The van der Waals surface area contributed by atoms with Crippen molar-refractivity contribution in [2.45, 2.75) is 51.0 Å². The van der Waals surface area contributed by atoms with E-state index < -0.39 is 12.1 Å². The molecule has 0 heterocycles. The van der Waals surface area contributed by atoms with E-state index in [1.807, 2.05) is 0 Å². The fraction of sp³-hybridized carbons (Fsp3) is 0.900. The third-order valence-electron chi connectivity index (χ3n) is 2.79. The molecule has 1 aliphatic rings. The van der Waals surface area contributed by atoms with Crippen molar-refractivity contribution in [1.82, 2.24) is 0 Å². The van der Waals surface area contributed by atoms with E-state index >= 15 is 0 Å². The van der Waals surface area contributed by atoms with Crippen LogP contribution in [0.5, 0.6) is 0 Å². The third kappa shape index (κ3) is 4.27. The van der Waals surface area contributed by atoms with E-state index in [0.29, 0.717) is 6.42 Å². The Morgan fingerprint density at radius 1 is 1.38 bits per heavy atom. The lowest BCUT2D eigenvalue weighted by Crippen LogP contribution is -2.13. The van der Waals surface area contributed by atoms with Gasteiger partial charge in [0.25, 0.3) is 0 Å². The van der Waals surface area contributed by atoms with Gasteiger partial charge >= 0.3 is 5.97 Å². The van der Waals surface area contributed by atoms with Crippen molar-refractivity contribution in [3.63, 3.8) is 0 Å². The molecule has 1 saturated carbocycles. The molecule has 0 aromatic carbocycles. The molecule has 0 aromatic heterocycles. The topological polar surface area (TPSA) is 57.5 Å². The Balaban J connectivity index is 2.06. The van der Waals surface area contributed by atoms with Crippen molar-refractivity contribution < 1.29 is 15.0 Å². The molecule has 13 heavy (non-hydrogen) atoms. The first kappa shape index (κ1) is 10.5. The number of carboxylic acid groups (broad SMARTS) is 1. The predicted octanol–water partition coefficient (Wildman–Crippen LogP) is 1.79. The van der Waals surface area contributed by atoms with Crippen molar-refractivity contribution in [3.8, 4) is 0 Å². The van der Waals surface area contributed by atoms with Crippen molar-refractivity contribution >= 4 is 5.97 Å². The summed E-state index contributed by atoms with van der Waals surface area (Å²) >= 11 is 0. The molecule has 3 nitrogen and oxygen atoms in total. The van der Waals surface area contributed by atoms with Gasteiger partial charge < -0.3 is 10.2 Å². The molecule has 2 N–H and O–H groups in total. The summed E-state index contributed by atoms with van der Waals surface area (Å²) in [5.74, 6) is -0.164. The fourth-order valence-electron chi connectivity index (χ4n) is 2.03. The van der Waals surface area contributed by atoms with E-state index in [1.165, 1.54) is 25.7 Å². The molecule has 0 aliphatic heterocycles. The van der Waals surface area contributed by atoms with E-state index in [9.17, 15) is 9.90 Å². The zero-order valence-corrected chi connectivity index (χ0v) is 7.91. The molecule has 1 fully saturated rings. The summed E-state index contributed by atoms with van der Waals surface area (Å²) in [6, 6.07) is 0. The van der Waals surface area contributed by atoms with E-state index in [4.69, 9.17) is 5.11 Å². The summed E-state index contributed by atoms with van der Waals surface area (Å²) in [6.07, 6.45) is 6.04. The monoisotopic (exact) mass is 186 g/mol. The highest BCUT2D eigenvalue weighted by molar-refractivity contribution is 5.67. The maximum atomic E-state index is 10.2. The van der Waals surface area contributed by atoms with Gasteiger partial charge in [0.2, 0.25) is 0 Å². The zero-order chi connectivity index (χ0) is 9.68. The molecule has 0 amide bonds. The SMILES string of the molecule is O=C(O)C[C@@H](O)CCC1CCCC1. The summed E-state index contributed by atoms with van der Waals surface area (Å²) in [5.41, 5.74) is 0. The summed E-state index contributed by atoms with van der Waals surface area (Å²) in [4.78, 5) is 10.2. The Morgan fingerprint density at radius 2 is 2.00 bits per heavy atom. The summed E-state index contributed by atoms with van der Waals surface area (Å²) < 4.78 is 0. The van der Waals surface area contributed by atoms with Gasteiger partial charge in [-0.15, -0.1) is 0 Å². The minimum absolute atomic E-state index is 0.104. The van der Waals surface area contributed by atoms with E-state index in [2.05, 4.69) is 0 Å². The van der Waals surface area contributed by atoms with Gasteiger partial charge in [0.15, 0.2) is 0 Å². The average Bonchev–Trinajstić information content (AvgIpc) is 2.51. The van der Waals surface area contributed by atoms with Crippen LogP contribution in [0.1, 0.15) is 44.9 Å². The van der Waals surface area contributed by atoms with Gasteiger partial charge in [-0.3, -0.25) is 4.79 Å². The van der Waals surface area contributed by atoms with E-state index in [0.717, 1.165) is 12.3 Å². The van der Waals surface area contributed by atoms with Gasteiger partial charge in [-0.25, -0.2) is 0 Å². The quantitative estimate of drug-likeness (QED) is 0.688. The number of aliphatic carboxylic acids is 1.